The third kappa shape index (κ3) is 5.19. The van der Waals surface area contributed by atoms with Gasteiger partial charge in [-0.15, -0.1) is 6.58 Å². The van der Waals surface area contributed by atoms with Crippen molar-refractivity contribution in [2.75, 3.05) is 18.0 Å². The summed E-state index contributed by atoms with van der Waals surface area (Å²) in [6.07, 6.45) is 9.25. The number of halogens is 1. The molecule has 1 saturated heterocycles. The van der Waals surface area contributed by atoms with Crippen LogP contribution in [0.4, 0.5) is 10.2 Å². The van der Waals surface area contributed by atoms with Gasteiger partial charge in [0.05, 0.1) is 5.69 Å². The van der Waals surface area contributed by atoms with E-state index in [4.69, 9.17) is 4.98 Å². The number of allylic oxidation sites excluding steroid dienone is 3. The molecule has 0 saturated carbocycles. The number of aromatic nitrogens is 1. The van der Waals surface area contributed by atoms with Crippen LogP contribution in [0.1, 0.15) is 68.0 Å². The molecule has 3 heteroatoms. The van der Waals surface area contributed by atoms with Gasteiger partial charge in [-0.05, 0) is 93.7 Å². The van der Waals surface area contributed by atoms with E-state index >= 15 is 0 Å². The monoisotopic (exact) mass is 406 g/mol. The molecule has 1 aliphatic heterocycles. The molecule has 30 heavy (non-hydrogen) atoms. The molecule has 0 unspecified atom stereocenters. The van der Waals surface area contributed by atoms with Gasteiger partial charge in [-0.1, -0.05) is 36.4 Å². The summed E-state index contributed by atoms with van der Waals surface area (Å²) in [5.74, 6) is 0.978. The van der Waals surface area contributed by atoms with Crippen LogP contribution in [0.5, 0.6) is 0 Å². The van der Waals surface area contributed by atoms with E-state index in [1.165, 1.54) is 40.7 Å². The highest BCUT2D eigenvalue weighted by Crippen LogP contribution is 2.30. The van der Waals surface area contributed by atoms with Crippen LogP contribution in [-0.2, 0) is 18.5 Å². The first-order valence-electron chi connectivity index (χ1n) is 11.1. The second kappa shape index (κ2) is 9.59. The first kappa shape index (κ1) is 22.3. The van der Waals surface area contributed by atoms with Gasteiger partial charge in [0.2, 0.25) is 0 Å². The normalized spacial score (nSPS) is 15.0. The van der Waals surface area contributed by atoms with Gasteiger partial charge in [0, 0.05) is 13.1 Å². The molecular weight excluding hydrogens is 371 g/mol. The summed E-state index contributed by atoms with van der Waals surface area (Å²) in [6, 6.07) is 10.7. The van der Waals surface area contributed by atoms with Crippen LogP contribution in [0.3, 0.4) is 0 Å². The van der Waals surface area contributed by atoms with Gasteiger partial charge in [0.25, 0.3) is 0 Å². The number of rotatable bonds is 8. The molecule has 2 heterocycles. The van der Waals surface area contributed by atoms with Crippen molar-refractivity contribution in [1.82, 2.24) is 4.98 Å². The van der Waals surface area contributed by atoms with Crippen molar-refractivity contribution in [2.45, 2.75) is 65.5 Å². The zero-order valence-electron chi connectivity index (χ0n) is 19.0. The maximum absolute atomic E-state index is 14.5. The van der Waals surface area contributed by atoms with Crippen molar-refractivity contribution in [1.29, 1.82) is 0 Å². The molecule has 1 fully saturated rings. The average molecular weight is 407 g/mol. The van der Waals surface area contributed by atoms with Crippen LogP contribution < -0.4 is 4.90 Å². The highest BCUT2D eigenvalue weighted by atomic mass is 19.1. The first-order chi connectivity index (χ1) is 14.3. The Morgan fingerprint density at radius 3 is 2.50 bits per heavy atom. The molecule has 0 aliphatic carbocycles. The highest BCUT2D eigenvalue weighted by Gasteiger charge is 2.24. The number of alkyl halides is 1. The Morgan fingerprint density at radius 1 is 1.17 bits per heavy atom. The van der Waals surface area contributed by atoms with Crippen molar-refractivity contribution in [3.63, 3.8) is 0 Å². The van der Waals surface area contributed by atoms with Gasteiger partial charge < -0.3 is 4.90 Å². The fraction of sp³-hybridized carbons (Fsp3) is 0.444. The van der Waals surface area contributed by atoms with Crippen molar-refractivity contribution < 1.29 is 4.39 Å². The lowest BCUT2D eigenvalue weighted by molar-refractivity contribution is 0.214. The van der Waals surface area contributed by atoms with E-state index in [0.717, 1.165) is 38.2 Å². The van der Waals surface area contributed by atoms with Crippen molar-refractivity contribution in [3.8, 4) is 0 Å². The quantitative estimate of drug-likeness (QED) is 0.441. The lowest BCUT2D eigenvalue weighted by Gasteiger charge is -2.23. The number of anilines is 1. The molecule has 0 bridgehead atoms. The fourth-order valence-corrected chi connectivity index (χ4v) is 4.27. The van der Waals surface area contributed by atoms with Gasteiger partial charge in [0.15, 0.2) is 0 Å². The number of pyridine rings is 1. The van der Waals surface area contributed by atoms with E-state index in [1.54, 1.807) is 13.8 Å². The first-order valence-corrected chi connectivity index (χ1v) is 11.1. The molecule has 0 N–H and O–H groups in total. The van der Waals surface area contributed by atoms with Crippen LogP contribution in [0.25, 0.3) is 5.57 Å². The molecule has 2 nitrogen and oxygen atoms in total. The summed E-state index contributed by atoms with van der Waals surface area (Å²) in [4.78, 5) is 7.08. The smallest absolute Gasteiger partial charge is 0.147 e. The standard InChI is InChI=1S/C27H35FN2/c1-6-10-22(7-2)24-15-12-21(19-20(24)3)11-13-23-14-16-25(27(4,5)28)29-26(23)30-17-8-9-18-30/h6-7,12,14-16,19H,1,8-11,13,17-18H2,2-5H3/b22-7-. The van der Waals surface area contributed by atoms with Crippen molar-refractivity contribution >= 4 is 11.4 Å². The molecule has 1 aliphatic rings. The molecule has 2 aromatic rings. The van der Waals surface area contributed by atoms with Gasteiger partial charge in [-0.2, -0.15) is 0 Å². The maximum atomic E-state index is 14.5. The Balaban J connectivity index is 1.81. The van der Waals surface area contributed by atoms with E-state index in [-0.39, 0.29) is 0 Å². The molecule has 0 spiro atoms. The minimum atomic E-state index is -1.42. The lowest BCUT2D eigenvalue weighted by Crippen LogP contribution is -2.23. The Labute approximate surface area is 181 Å². The minimum absolute atomic E-state index is 0.523. The summed E-state index contributed by atoms with van der Waals surface area (Å²) < 4.78 is 14.5. The summed E-state index contributed by atoms with van der Waals surface area (Å²) in [7, 11) is 0. The van der Waals surface area contributed by atoms with E-state index in [1.807, 2.05) is 12.1 Å². The van der Waals surface area contributed by atoms with Gasteiger partial charge in [-0.3, -0.25) is 0 Å². The van der Waals surface area contributed by atoms with Crippen LogP contribution in [0.15, 0.2) is 49.1 Å². The Bertz CT molecular complexity index is 915. The predicted octanol–water partition coefficient (Wildman–Crippen LogP) is 6.96. The molecule has 1 aromatic heterocycles. The molecular formula is C27H35FN2. The van der Waals surface area contributed by atoms with E-state index in [9.17, 15) is 4.39 Å². The SMILES string of the molecule is C=CC/C(=C/C)c1ccc(CCc2ccc(C(C)(C)F)nc2N2CCCC2)cc1C. The molecule has 1 aromatic carbocycles. The van der Waals surface area contributed by atoms with Gasteiger partial charge in [-0.25, -0.2) is 9.37 Å². The zero-order valence-corrected chi connectivity index (χ0v) is 19.0. The second-order valence-electron chi connectivity index (χ2n) is 8.80. The number of hydrogen-bond donors (Lipinski definition) is 0. The number of nitrogens with zero attached hydrogens (tertiary/aromatic N) is 2. The van der Waals surface area contributed by atoms with Crippen LogP contribution in [0, 0.1) is 6.92 Å². The van der Waals surface area contributed by atoms with Gasteiger partial charge in [0.1, 0.15) is 11.5 Å². The summed E-state index contributed by atoms with van der Waals surface area (Å²) in [5, 5.41) is 0. The Morgan fingerprint density at radius 2 is 1.90 bits per heavy atom. The molecule has 160 valence electrons. The predicted molar refractivity (Wildman–Crippen MR) is 127 cm³/mol. The zero-order chi connectivity index (χ0) is 21.7. The largest absolute Gasteiger partial charge is 0.356 e. The van der Waals surface area contributed by atoms with Crippen LogP contribution in [0.2, 0.25) is 0 Å². The molecule has 0 atom stereocenters. The summed E-state index contributed by atoms with van der Waals surface area (Å²) in [6.45, 7) is 13.3. The molecule has 0 radical (unpaired) electrons. The third-order valence-electron chi connectivity index (χ3n) is 6.00. The van der Waals surface area contributed by atoms with Gasteiger partial charge >= 0.3 is 0 Å². The van der Waals surface area contributed by atoms with Crippen molar-refractivity contribution in [3.05, 3.63) is 77.0 Å². The second-order valence-corrected chi connectivity index (χ2v) is 8.80. The summed E-state index contributed by atoms with van der Waals surface area (Å²) >= 11 is 0. The van der Waals surface area contributed by atoms with Crippen LogP contribution in [-0.4, -0.2) is 18.1 Å². The minimum Gasteiger partial charge on any atom is -0.356 e. The average Bonchev–Trinajstić information content (AvgIpc) is 3.25. The number of benzene rings is 1. The highest BCUT2D eigenvalue weighted by molar-refractivity contribution is 5.69. The Hall–Kier alpha value is -2.42. The third-order valence-corrected chi connectivity index (χ3v) is 6.00. The number of aryl methyl sites for hydroxylation is 3. The van der Waals surface area contributed by atoms with Crippen molar-refractivity contribution in [2.24, 2.45) is 0 Å². The molecule has 3 rings (SSSR count). The Kier molecular flexibility index (Phi) is 7.12. The van der Waals surface area contributed by atoms with E-state index < -0.39 is 5.67 Å². The summed E-state index contributed by atoms with van der Waals surface area (Å²) in [5.41, 5.74) is 5.56. The van der Waals surface area contributed by atoms with E-state index in [0.29, 0.717) is 5.69 Å². The maximum Gasteiger partial charge on any atom is 0.147 e. The molecule has 0 amide bonds. The fourth-order valence-electron chi connectivity index (χ4n) is 4.27. The topological polar surface area (TPSA) is 16.1 Å². The number of hydrogen-bond acceptors (Lipinski definition) is 2. The van der Waals surface area contributed by atoms with Crippen LogP contribution >= 0.6 is 0 Å². The lowest BCUT2D eigenvalue weighted by atomic mass is 9.94. The van der Waals surface area contributed by atoms with E-state index in [2.05, 4.69) is 55.7 Å².